The summed E-state index contributed by atoms with van der Waals surface area (Å²) >= 11 is 0. The molecule has 0 saturated heterocycles. The summed E-state index contributed by atoms with van der Waals surface area (Å²) in [7, 11) is 0. The van der Waals surface area contributed by atoms with Crippen LogP contribution >= 0.6 is 0 Å². The number of anilines is 1. The number of amides is 1. The first-order valence-electron chi connectivity index (χ1n) is 5.20. The zero-order valence-electron chi connectivity index (χ0n) is 9.44. The van der Waals surface area contributed by atoms with Crippen LogP contribution in [-0.2, 0) is 11.2 Å². The van der Waals surface area contributed by atoms with E-state index in [0.717, 1.165) is 6.07 Å². The molecule has 0 N–H and O–H groups in total. The molecular formula is C11H11FN2O3. The number of nitro groups is 1. The first-order chi connectivity index (χ1) is 7.91. The normalized spacial score (nSPS) is 14.4. The Morgan fingerprint density at radius 2 is 2.12 bits per heavy atom. The van der Waals surface area contributed by atoms with Gasteiger partial charge in [-0.2, -0.15) is 0 Å². The molecular weight excluding hydrogens is 227 g/mol. The molecule has 0 spiro atoms. The number of hydrogen-bond donors (Lipinski definition) is 0. The second kappa shape index (κ2) is 3.80. The minimum atomic E-state index is -0.714. The Bertz CT molecular complexity index is 514. The van der Waals surface area contributed by atoms with Crippen molar-refractivity contribution < 1.29 is 14.1 Å². The van der Waals surface area contributed by atoms with E-state index in [4.69, 9.17) is 0 Å². The smallest absolute Gasteiger partial charge is 0.272 e. The highest BCUT2D eigenvalue weighted by Gasteiger charge is 2.33. The van der Waals surface area contributed by atoms with Gasteiger partial charge in [-0.1, -0.05) is 0 Å². The van der Waals surface area contributed by atoms with Crippen LogP contribution in [0.4, 0.5) is 15.8 Å². The van der Waals surface area contributed by atoms with E-state index in [-0.39, 0.29) is 29.7 Å². The maximum absolute atomic E-state index is 13.8. The van der Waals surface area contributed by atoms with Gasteiger partial charge in [0.05, 0.1) is 23.1 Å². The van der Waals surface area contributed by atoms with Gasteiger partial charge in [0.2, 0.25) is 5.91 Å². The number of nitro benzene ring substituents is 1. The summed E-state index contributed by atoms with van der Waals surface area (Å²) in [6.07, 6.45) is 0.0200. The average molecular weight is 238 g/mol. The van der Waals surface area contributed by atoms with Gasteiger partial charge in [0.1, 0.15) is 0 Å². The first-order valence-corrected chi connectivity index (χ1v) is 5.20. The third-order valence-electron chi connectivity index (χ3n) is 2.71. The van der Waals surface area contributed by atoms with Gasteiger partial charge in [0.15, 0.2) is 5.82 Å². The standard InChI is InChI=1S/C11H11FN2O3/c1-6(2)13-10(15)4-7-3-8(14(16)17)5-9(12)11(7)13/h3,5-6H,4H2,1-2H3. The molecule has 2 rings (SSSR count). The molecule has 0 aliphatic carbocycles. The van der Waals surface area contributed by atoms with E-state index < -0.39 is 10.7 Å². The summed E-state index contributed by atoms with van der Waals surface area (Å²) in [5.41, 5.74) is 0.241. The van der Waals surface area contributed by atoms with Crippen LogP contribution in [0.1, 0.15) is 19.4 Å². The van der Waals surface area contributed by atoms with Crippen molar-refractivity contribution in [2.45, 2.75) is 26.3 Å². The molecule has 0 atom stereocenters. The van der Waals surface area contributed by atoms with Gasteiger partial charge in [-0.15, -0.1) is 0 Å². The predicted octanol–water partition coefficient (Wildman–Crippen LogP) is 2.03. The number of carbonyl (C=O) groups is 1. The molecule has 0 saturated carbocycles. The molecule has 90 valence electrons. The number of rotatable bonds is 2. The van der Waals surface area contributed by atoms with E-state index >= 15 is 0 Å². The molecule has 0 aromatic heterocycles. The summed E-state index contributed by atoms with van der Waals surface area (Å²) in [6, 6.07) is 1.95. The van der Waals surface area contributed by atoms with Crippen LogP contribution in [0, 0.1) is 15.9 Å². The Balaban J connectivity index is 2.58. The number of non-ortho nitro benzene ring substituents is 1. The van der Waals surface area contributed by atoms with Gasteiger partial charge >= 0.3 is 0 Å². The second-order valence-corrected chi connectivity index (χ2v) is 4.23. The molecule has 0 bridgehead atoms. The lowest BCUT2D eigenvalue weighted by Crippen LogP contribution is -2.34. The second-order valence-electron chi connectivity index (χ2n) is 4.23. The number of halogens is 1. The summed E-state index contributed by atoms with van der Waals surface area (Å²) in [5.74, 6) is -0.942. The summed E-state index contributed by atoms with van der Waals surface area (Å²) < 4.78 is 13.8. The van der Waals surface area contributed by atoms with Crippen LogP contribution in [-0.4, -0.2) is 16.9 Å². The molecule has 0 unspecified atom stereocenters. The molecule has 0 radical (unpaired) electrons. The lowest BCUT2D eigenvalue weighted by atomic mass is 10.1. The quantitative estimate of drug-likeness (QED) is 0.585. The number of benzene rings is 1. The van der Waals surface area contributed by atoms with Gasteiger partial charge < -0.3 is 4.90 Å². The van der Waals surface area contributed by atoms with Crippen LogP contribution in [0.3, 0.4) is 0 Å². The summed E-state index contributed by atoms with van der Waals surface area (Å²) in [4.78, 5) is 23.0. The Morgan fingerprint density at radius 1 is 1.47 bits per heavy atom. The Hall–Kier alpha value is -1.98. The molecule has 0 fully saturated rings. The fourth-order valence-corrected chi connectivity index (χ4v) is 2.07. The Morgan fingerprint density at radius 3 is 2.65 bits per heavy atom. The fraction of sp³-hybridized carbons (Fsp3) is 0.364. The van der Waals surface area contributed by atoms with E-state index in [1.165, 1.54) is 11.0 Å². The van der Waals surface area contributed by atoms with Crippen molar-refractivity contribution >= 4 is 17.3 Å². The summed E-state index contributed by atoms with van der Waals surface area (Å²) in [5, 5.41) is 10.6. The van der Waals surface area contributed by atoms with Crippen molar-refractivity contribution in [1.29, 1.82) is 0 Å². The topological polar surface area (TPSA) is 63.5 Å². The highest BCUT2D eigenvalue weighted by molar-refractivity contribution is 6.02. The van der Waals surface area contributed by atoms with Gasteiger partial charge in [0, 0.05) is 12.1 Å². The van der Waals surface area contributed by atoms with Crippen molar-refractivity contribution in [3.8, 4) is 0 Å². The average Bonchev–Trinajstić information content (AvgIpc) is 2.54. The maximum Gasteiger partial charge on any atom is 0.272 e. The Labute approximate surface area is 97.0 Å². The third kappa shape index (κ3) is 1.75. The minimum absolute atomic E-state index is 0.0200. The van der Waals surface area contributed by atoms with Crippen LogP contribution < -0.4 is 4.90 Å². The van der Waals surface area contributed by atoms with E-state index in [1.807, 2.05) is 0 Å². The van der Waals surface area contributed by atoms with E-state index in [0.29, 0.717) is 5.56 Å². The number of nitrogens with zero attached hydrogens (tertiary/aromatic N) is 2. The van der Waals surface area contributed by atoms with Gasteiger partial charge in [-0.25, -0.2) is 4.39 Å². The van der Waals surface area contributed by atoms with Crippen LogP contribution in [0.15, 0.2) is 12.1 Å². The highest BCUT2D eigenvalue weighted by atomic mass is 19.1. The molecule has 1 heterocycles. The predicted molar refractivity (Wildman–Crippen MR) is 59.4 cm³/mol. The maximum atomic E-state index is 13.8. The van der Waals surface area contributed by atoms with Crippen molar-refractivity contribution in [3.05, 3.63) is 33.6 Å². The van der Waals surface area contributed by atoms with Crippen molar-refractivity contribution in [2.75, 3.05) is 4.90 Å². The van der Waals surface area contributed by atoms with Gasteiger partial charge in [-0.3, -0.25) is 14.9 Å². The molecule has 1 aliphatic heterocycles. The first kappa shape index (κ1) is 11.5. The molecule has 1 aromatic carbocycles. The zero-order valence-corrected chi connectivity index (χ0v) is 9.44. The monoisotopic (exact) mass is 238 g/mol. The van der Waals surface area contributed by atoms with Crippen molar-refractivity contribution in [2.24, 2.45) is 0 Å². The minimum Gasteiger partial charge on any atom is -0.307 e. The largest absolute Gasteiger partial charge is 0.307 e. The molecule has 1 aromatic rings. The van der Waals surface area contributed by atoms with Gasteiger partial charge in [-0.05, 0) is 19.4 Å². The SMILES string of the molecule is CC(C)N1C(=O)Cc2cc([N+](=O)[O-])cc(F)c21. The molecule has 6 heteroatoms. The number of fused-ring (bicyclic) bond motifs is 1. The lowest BCUT2D eigenvalue weighted by molar-refractivity contribution is -0.385. The van der Waals surface area contributed by atoms with E-state index in [2.05, 4.69) is 0 Å². The Kier molecular flexibility index (Phi) is 2.57. The van der Waals surface area contributed by atoms with Crippen LogP contribution in [0.25, 0.3) is 0 Å². The summed E-state index contributed by atoms with van der Waals surface area (Å²) in [6.45, 7) is 3.54. The number of carbonyl (C=O) groups excluding carboxylic acids is 1. The number of hydrogen-bond acceptors (Lipinski definition) is 3. The zero-order chi connectivity index (χ0) is 12.7. The van der Waals surface area contributed by atoms with Crippen LogP contribution in [0.2, 0.25) is 0 Å². The van der Waals surface area contributed by atoms with E-state index in [9.17, 15) is 19.3 Å². The third-order valence-corrected chi connectivity index (χ3v) is 2.71. The molecule has 5 nitrogen and oxygen atoms in total. The lowest BCUT2D eigenvalue weighted by Gasteiger charge is -2.22. The molecule has 1 amide bonds. The molecule has 17 heavy (non-hydrogen) atoms. The molecule has 1 aliphatic rings. The fourth-order valence-electron chi connectivity index (χ4n) is 2.07. The van der Waals surface area contributed by atoms with Crippen molar-refractivity contribution in [3.63, 3.8) is 0 Å². The van der Waals surface area contributed by atoms with E-state index in [1.54, 1.807) is 13.8 Å². The highest BCUT2D eigenvalue weighted by Crippen LogP contribution is 2.36. The van der Waals surface area contributed by atoms with Gasteiger partial charge in [0.25, 0.3) is 5.69 Å². The van der Waals surface area contributed by atoms with Crippen molar-refractivity contribution in [1.82, 2.24) is 0 Å². The van der Waals surface area contributed by atoms with Crippen LogP contribution in [0.5, 0.6) is 0 Å².